The van der Waals surface area contributed by atoms with Gasteiger partial charge in [-0.05, 0) is 32.9 Å². The molecule has 0 aromatic heterocycles. The molecule has 1 heterocycles. The minimum absolute atomic E-state index is 0.300. The lowest BCUT2D eigenvalue weighted by atomic mass is 9.92. The maximum Gasteiger partial charge on any atom is 0.410 e. The van der Waals surface area contributed by atoms with Crippen LogP contribution in [0.5, 0.6) is 5.75 Å². The highest BCUT2D eigenvalue weighted by atomic mass is 16.6. The molecular formula is C20H27NO4. The number of nitrogens with zero attached hydrogens (tertiary/aromatic N) is 1. The number of carbonyl (C=O) groups excluding carboxylic acids is 1. The Balaban J connectivity index is 1.77. The van der Waals surface area contributed by atoms with Crippen LogP contribution in [0.4, 0.5) is 4.79 Å². The van der Waals surface area contributed by atoms with Crippen molar-refractivity contribution in [2.24, 2.45) is 0 Å². The van der Waals surface area contributed by atoms with E-state index in [2.05, 4.69) is 5.92 Å². The molecule has 5 nitrogen and oxygen atoms in total. The first-order chi connectivity index (χ1) is 11.8. The number of ether oxygens (including phenoxy) is 3. The second-order valence-electron chi connectivity index (χ2n) is 7.12. The lowest BCUT2D eigenvalue weighted by molar-refractivity contribution is -0.0548. The predicted molar refractivity (Wildman–Crippen MR) is 96.5 cm³/mol. The van der Waals surface area contributed by atoms with Crippen molar-refractivity contribution in [3.8, 4) is 18.1 Å². The monoisotopic (exact) mass is 345 g/mol. The largest absolute Gasteiger partial charge is 0.491 e. The van der Waals surface area contributed by atoms with Crippen molar-refractivity contribution in [3.05, 3.63) is 30.3 Å². The van der Waals surface area contributed by atoms with Crippen molar-refractivity contribution >= 4 is 6.09 Å². The van der Waals surface area contributed by atoms with E-state index in [0.29, 0.717) is 39.1 Å². The molecule has 1 aliphatic rings. The molecule has 1 aromatic rings. The summed E-state index contributed by atoms with van der Waals surface area (Å²) < 4.78 is 17.0. The summed E-state index contributed by atoms with van der Waals surface area (Å²) in [5, 5.41) is 0. The highest BCUT2D eigenvalue weighted by Gasteiger charge is 2.36. The molecule has 0 radical (unpaired) electrons. The highest BCUT2D eigenvalue weighted by molar-refractivity contribution is 5.68. The fourth-order valence-electron chi connectivity index (χ4n) is 2.62. The number of para-hydroxylation sites is 1. The van der Waals surface area contributed by atoms with Gasteiger partial charge in [-0.2, -0.15) is 0 Å². The molecule has 1 amide bonds. The van der Waals surface area contributed by atoms with E-state index in [1.807, 2.05) is 51.1 Å². The normalized spacial score (nSPS) is 16.8. The Labute approximate surface area is 150 Å². The van der Waals surface area contributed by atoms with Crippen LogP contribution < -0.4 is 4.74 Å². The zero-order valence-corrected chi connectivity index (χ0v) is 15.3. The molecule has 25 heavy (non-hydrogen) atoms. The summed E-state index contributed by atoms with van der Waals surface area (Å²) in [4.78, 5) is 13.8. The summed E-state index contributed by atoms with van der Waals surface area (Å²) in [5.74, 6) is 3.57. The zero-order chi connectivity index (χ0) is 18.3. The maximum atomic E-state index is 12.1. The van der Waals surface area contributed by atoms with Gasteiger partial charge >= 0.3 is 6.09 Å². The quantitative estimate of drug-likeness (QED) is 0.605. The van der Waals surface area contributed by atoms with E-state index in [4.69, 9.17) is 20.6 Å². The minimum atomic E-state index is -0.640. The Hall–Kier alpha value is -2.19. The summed E-state index contributed by atoms with van der Waals surface area (Å²) in [5.41, 5.74) is -1.14. The molecule has 0 unspecified atom stereocenters. The number of piperidine rings is 1. The fourth-order valence-corrected chi connectivity index (χ4v) is 2.62. The molecule has 0 atom stereocenters. The molecular weight excluding hydrogens is 318 g/mol. The van der Waals surface area contributed by atoms with Gasteiger partial charge in [0.15, 0.2) is 0 Å². The second kappa shape index (κ2) is 8.26. The summed E-state index contributed by atoms with van der Waals surface area (Å²) in [6, 6.07) is 9.58. The Morgan fingerprint density at radius 1 is 1.20 bits per heavy atom. The summed E-state index contributed by atoms with van der Waals surface area (Å²) >= 11 is 0. The number of rotatable bonds is 5. The molecule has 1 aliphatic heterocycles. The Morgan fingerprint density at radius 2 is 1.84 bits per heavy atom. The minimum Gasteiger partial charge on any atom is -0.491 e. The van der Waals surface area contributed by atoms with Gasteiger partial charge in [-0.3, -0.25) is 0 Å². The van der Waals surface area contributed by atoms with Crippen LogP contribution in [-0.2, 0) is 9.47 Å². The molecule has 1 fully saturated rings. The SMILES string of the molecule is C#CC1(OCCOc2ccccc2)CCN(C(=O)OC(C)(C)C)CC1. The third-order valence-corrected chi connectivity index (χ3v) is 3.96. The van der Waals surface area contributed by atoms with Crippen molar-refractivity contribution in [1.29, 1.82) is 0 Å². The third-order valence-electron chi connectivity index (χ3n) is 3.96. The Morgan fingerprint density at radius 3 is 2.40 bits per heavy atom. The molecule has 0 spiro atoms. The first-order valence-electron chi connectivity index (χ1n) is 8.61. The third kappa shape index (κ3) is 5.99. The van der Waals surface area contributed by atoms with Gasteiger partial charge in [0.2, 0.25) is 0 Å². The first-order valence-corrected chi connectivity index (χ1v) is 8.61. The van der Waals surface area contributed by atoms with Gasteiger partial charge in [0.05, 0.1) is 6.61 Å². The van der Waals surface area contributed by atoms with Gasteiger partial charge < -0.3 is 19.1 Å². The van der Waals surface area contributed by atoms with E-state index in [1.165, 1.54) is 0 Å². The van der Waals surface area contributed by atoms with Crippen LogP contribution in [0.1, 0.15) is 33.6 Å². The van der Waals surface area contributed by atoms with Crippen LogP contribution in [0.3, 0.4) is 0 Å². The van der Waals surface area contributed by atoms with Gasteiger partial charge in [0, 0.05) is 25.9 Å². The summed E-state index contributed by atoms with van der Waals surface area (Å²) in [6.45, 7) is 7.47. The molecule has 0 bridgehead atoms. The van der Waals surface area contributed by atoms with Crippen molar-refractivity contribution in [2.45, 2.75) is 44.8 Å². The first kappa shape index (κ1) is 19.1. The lowest BCUT2D eigenvalue weighted by Crippen LogP contribution is -2.49. The van der Waals surface area contributed by atoms with Crippen LogP contribution >= 0.6 is 0 Å². The number of hydrogen-bond donors (Lipinski definition) is 0. The van der Waals surface area contributed by atoms with Gasteiger partial charge in [0.1, 0.15) is 23.6 Å². The second-order valence-corrected chi connectivity index (χ2v) is 7.12. The van der Waals surface area contributed by atoms with Gasteiger partial charge in [-0.15, -0.1) is 6.42 Å². The highest BCUT2D eigenvalue weighted by Crippen LogP contribution is 2.27. The topological polar surface area (TPSA) is 48.0 Å². The zero-order valence-electron chi connectivity index (χ0n) is 15.3. The van der Waals surface area contributed by atoms with E-state index in [-0.39, 0.29) is 6.09 Å². The molecule has 136 valence electrons. The number of terminal acetylenes is 1. The molecule has 0 N–H and O–H groups in total. The number of amides is 1. The van der Waals surface area contributed by atoms with Crippen LogP contribution in [-0.4, -0.2) is 48.5 Å². The van der Waals surface area contributed by atoms with Gasteiger partial charge in [0.25, 0.3) is 0 Å². The molecule has 0 aliphatic carbocycles. The van der Waals surface area contributed by atoms with Gasteiger partial charge in [-0.25, -0.2) is 4.79 Å². The van der Waals surface area contributed by atoms with E-state index >= 15 is 0 Å². The number of benzene rings is 1. The number of hydrogen-bond acceptors (Lipinski definition) is 4. The molecule has 1 aromatic carbocycles. The van der Waals surface area contributed by atoms with Crippen molar-refractivity contribution in [3.63, 3.8) is 0 Å². The Kier molecular flexibility index (Phi) is 6.33. The van der Waals surface area contributed by atoms with Gasteiger partial charge in [-0.1, -0.05) is 24.1 Å². The number of likely N-dealkylation sites (tertiary alicyclic amines) is 1. The van der Waals surface area contributed by atoms with E-state index in [9.17, 15) is 4.79 Å². The fraction of sp³-hybridized carbons (Fsp3) is 0.550. The van der Waals surface area contributed by atoms with Crippen LogP contribution in [0, 0.1) is 12.3 Å². The van der Waals surface area contributed by atoms with E-state index in [1.54, 1.807) is 4.90 Å². The summed E-state index contributed by atoms with van der Waals surface area (Å²) in [7, 11) is 0. The maximum absolute atomic E-state index is 12.1. The van der Waals surface area contributed by atoms with Crippen LogP contribution in [0.2, 0.25) is 0 Å². The molecule has 5 heteroatoms. The summed E-state index contributed by atoms with van der Waals surface area (Å²) in [6.07, 6.45) is 6.59. The molecule has 2 rings (SSSR count). The Bertz CT molecular complexity index is 592. The van der Waals surface area contributed by atoms with Crippen molar-refractivity contribution in [2.75, 3.05) is 26.3 Å². The number of carbonyl (C=O) groups is 1. The molecule has 1 saturated heterocycles. The standard InChI is InChI=1S/C20H27NO4/c1-5-20(24-16-15-23-17-9-7-6-8-10-17)11-13-21(14-12-20)18(22)25-19(2,3)4/h1,6-10H,11-16H2,2-4H3. The van der Waals surface area contributed by atoms with Crippen molar-refractivity contribution in [1.82, 2.24) is 4.90 Å². The smallest absolute Gasteiger partial charge is 0.410 e. The molecule has 0 saturated carbocycles. The van der Waals surface area contributed by atoms with E-state index in [0.717, 1.165) is 5.75 Å². The van der Waals surface area contributed by atoms with Crippen molar-refractivity contribution < 1.29 is 19.0 Å². The van der Waals surface area contributed by atoms with Crippen LogP contribution in [0.15, 0.2) is 30.3 Å². The average molecular weight is 345 g/mol. The average Bonchev–Trinajstić information content (AvgIpc) is 2.59. The van der Waals surface area contributed by atoms with Crippen LogP contribution in [0.25, 0.3) is 0 Å². The van der Waals surface area contributed by atoms with E-state index < -0.39 is 11.2 Å². The predicted octanol–water partition coefficient (Wildman–Crippen LogP) is 3.48. The lowest BCUT2D eigenvalue weighted by Gasteiger charge is -2.38.